The summed E-state index contributed by atoms with van der Waals surface area (Å²) < 4.78 is 91.7. The largest absolute Gasteiger partial charge is 0.460 e. The molecule has 132 heavy (non-hydrogen) atoms. The average Bonchev–Trinajstić information content (AvgIpc) is 1.26. The van der Waals surface area contributed by atoms with Crippen LogP contribution >= 0.6 is 0 Å². The molecule has 34 heteroatoms. The lowest BCUT2D eigenvalue weighted by Crippen LogP contribution is -2.55. The number of hydrogen-bond donors (Lipinski definition) is 6. The zero-order chi connectivity index (χ0) is 94.0. The minimum atomic E-state index is -1.09. The number of cyclic esters (lactones) is 1. The lowest BCUT2D eigenvalue weighted by molar-refractivity contribution is -0.169. The van der Waals surface area contributed by atoms with Crippen LogP contribution in [0.3, 0.4) is 0 Å². The number of pyridine rings is 1. The van der Waals surface area contributed by atoms with E-state index in [1.807, 2.05) is 81.2 Å². The second kappa shape index (κ2) is 60.6. The van der Waals surface area contributed by atoms with Crippen molar-refractivity contribution in [3.05, 3.63) is 124 Å². The third-order valence-corrected chi connectivity index (χ3v) is 24.5. The first-order chi connectivity index (χ1) is 64.1. The Morgan fingerprint density at radius 1 is 0.644 bits per heavy atom. The number of Topliss-reactive ketones (excluding diaryl/α,β-unsaturated/α-hetero) is 3. The molecule has 5 aliphatic rings. The fourth-order valence-electron chi connectivity index (χ4n) is 16.6. The number of allylic oxidation sites excluding steroid dienone is 6. The number of aliphatic hydroxyl groups excluding tert-OH is 1. The number of carbonyl (C=O) groups is 7. The van der Waals surface area contributed by atoms with Crippen molar-refractivity contribution in [3.8, 4) is 0 Å². The summed E-state index contributed by atoms with van der Waals surface area (Å²) >= 11 is 0. The van der Waals surface area contributed by atoms with Gasteiger partial charge in [-0.1, -0.05) is 82.4 Å². The molecule has 7 N–H and O–H groups in total. The number of methoxy groups -OCH3 is 1. The van der Waals surface area contributed by atoms with Gasteiger partial charge in [0, 0.05) is 94.3 Å². The van der Waals surface area contributed by atoms with E-state index in [1.165, 1.54) is 16.8 Å². The summed E-state index contributed by atoms with van der Waals surface area (Å²) in [5.74, 6) is -2.66. The molecule has 2 unspecified atom stereocenters. The Morgan fingerprint density at radius 3 is 1.88 bits per heavy atom. The zero-order valence-corrected chi connectivity index (χ0v) is 78.7. The Bertz CT molecular complexity index is 4290. The number of ketones is 3. The quantitative estimate of drug-likeness (QED) is 0.00786. The van der Waals surface area contributed by atoms with Gasteiger partial charge in [0.25, 0.3) is 5.91 Å². The molecule has 0 radical (unpaired) electrons. The fourth-order valence-corrected chi connectivity index (χ4v) is 16.6. The van der Waals surface area contributed by atoms with E-state index in [4.69, 9.17) is 86.9 Å². The summed E-state index contributed by atoms with van der Waals surface area (Å²) in [4.78, 5) is 116. The highest BCUT2D eigenvalue weighted by atomic mass is 16.6. The molecule has 3 fully saturated rings. The number of nitrogen functional groups attached to an aromatic ring is 1. The number of nitrogens with one attached hydrogen (secondary N) is 4. The van der Waals surface area contributed by atoms with Gasteiger partial charge in [0.15, 0.2) is 0 Å². The van der Waals surface area contributed by atoms with Gasteiger partial charge in [-0.15, -0.1) is 0 Å². The molecule has 1 aromatic carbocycles. The van der Waals surface area contributed by atoms with E-state index < -0.39 is 54.0 Å². The number of alkyl carbamates (subject to hydrolysis) is 1. The van der Waals surface area contributed by atoms with Crippen molar-refractivity contribution in [1.82, 2.24) is 35.1 Å². The van der Waals surface area contributed by atoms with Gasteiger partial charge >= 0.3 is 12.1 Å². The van der Waals surface area contributed by atoms with E-state index in [2.05, 4.69) is 42.7 Å². The first-order valence-corrected chi connectivity index (χ1v) is 47.4. The zero-order valence-electron chi connectivity index (χ0n) is 78.7. The van der Waals surface area contributed by atoms with Gasteiger partial charge in [-0.2, -0.15) is 0 Å². The minimum Gasteiger partial charge on any atom is -0.460 e. The second-order valence-corrected chi connectivity index (χ2v) is 34.6. The predicted octanol–water partition coefficient (Wildman–Crippen LogP) is 10.5. The minimum absolute atomic E-state index is 0.0500. The number of nitrogens with two attached hydrogens (primary N) is 1. The molecule has 2 saturated heterocycles. The Labute approximate surface area is 777 Å². The van der Waals surface area contributed by atoms with E-state index >= 15 is 0 Å². The van der Waals surface area contributed by atoms with E-state index in [-0.39, 0.29) is 104 Å². The standard InChI is InChI=1S/C98H146N10O24/c1-68-13-9-8-10-14-69(2)87(117-7)62-82-22-16-70(3)92(130-82)91(113)96(114)108-31-12-11-15-83(108)97(115)131-81(61-84(109)72(5)58-73(6)86(111)63-85(110)71(4)57-68)25-20-74-18-23-80(24-19-74)132-98(116)102-30-34-119-36-38-121-40-42-123-44-46-125-48-50-127-52-54-129-56-55-128-53-51-126-49-47-124-45-43-122-41-39-120-37-35-118-33-28-88(112)107-32-27-76-59-75(17-21-78(76)66-107)64-103-95-89(93(100)105-67-106-95)90(99)79-60-77-26-29-101-94(77)104-65-79/h8-10,13-14,17,21,26,29,58-60,65,67-68,70-72,74,80-83,86-87,92,99,111H,11-12,15-16,18-20,22-25,27-28,30-57,61-64,66H2,1-7H3,(H,101,104)(H,102,116)(H3,100,103,105,106)/b10-8+,13-9+,69-14+,73-58+,99-90?/t68-,70-,71-,72-,74-,80-,81-,82?,83+,86+,87+,92?/m1/s1. The first-order valence-electron chi connectivity index (χ1n) is 47.4. The Morgan fingerprint density at radius 2 is 1.26 bits per heavy atom. The Balaban J connectivity index is 0.512. The van der Waals surface area contributed by atoms with Crippen LogP contribution in [0.15, 0.2) is 96.7 Å². The van der Waals surface area contributed by atoms with Gasteiger partial charge in [0.05, 0.1) is 195 Å². The average molecular weight is 1850 g/mol. The van der Waals surface area contributed by atoms with Crippen LogP contribution in [0.25, 0.3) is 11.0 Å². The lowest BCUT2D eigenvalue weighted by Gasteiger charge is -2.38. The number of nitrogens with zero attached hydrogens (tertiary/aromatic N) is 5. The first kappa shape index (κ1) is 107. The summed E-state index contributed by atoms with van der Waals surface area (Å²) in [5.41, 5.74) is 13.0. The van der Waals surface area contributed by atoms with Gasteiger partial charge in [0.1, 0.15) is 59.5 Å². The summed E-state index contributed by atoms with van der Waals surface area (Å²) in [5, 5.41) is 27.2. The van der Waals surface area contributed by atoms with E-state index in [9.17, 15) is 38.7 Å². The summed E-state index contributed by atoms with van der Waals surface area (Å²) in [6.07, 6.45) is 20.4. The van der Waals surface area contributed by atoms with E-state index in [0.717, 1.165) is 47.0 Å². The van der Waals surface area contributed by atoms with Crippen molar-refractivity contribution in [2.24, 2.45) is 29.6 Å². The maximum atomic E-state index is 14.5. The van der Waals surface area contributed by atoms with Crippen molar-refractivity contribution < 1.29 is 114 Å². The van der Waals surface area contributed by atoms with Crippen LogP contribution in [0.5, 0.6) is 0 Å². The van der Waals surface area contributed by atoms with Gasteiger partial charge < -0.3 is 112 Å². The number of aliphatic hydroxyl groups is 1. The van der Waals surface area contributed by atoms with Gasteiger partial charge in [-0.25, -0.2) is 24.5 Å². The molecule has 3 amide bonds. The van der Waals surface area contributed by atoms with Crippen molar-refractivity contribution in [2.45, 2.75) is 206 Å². The number of aromatic amines is 1. The number of H-pyrrole nitrogens is 1. The smallest absolute Gasteiger partial charge is 0.407 e. The van der Waals surface area contributed by atoms with Crippen LogP contribution < -0.4 is 16.4 Å². The molecule has 0 spiro atoms. The number of ether oxygens (including phenoxy) is 16. The van der Waals surface area contributed by atoms with Gasteiger partial charge in [-0.3, -0.25) is 29.4 Å². The highest BCUT2D eigenvalue weighted by Gasteiger charge is 2.44. The van der Waals surface area contributed by atoms with Crippen LogP contribution in [0.4, 0.5) is 16.4 Å². The summed E-state index contributed by atoms with van der Waals surface area (Å²) in [7, 11) is 1.64. The number of hydrogen-bond acceptors (Lipinski definition) is 30. The van der Waals surface area contributed by atoms with Crippen molar-refractivity contribution >= 4 is 69.6 Å². The fraction of sp³-hybridized carbons (Fsp3) is 0.663. The number of aromatic nitrogens is 4. The molecule has 4 aromatic rings. The number of benzene rings is 1. The molecule has 1 saturated carbocycles. The molecule has 4 aliphatic heterocycles. The van der Waals surface area contributed by atoms with Gasteiger partial charge in [-0.05, 0) is 155 Å². The summed E-state index contributed by atoms with van der Waals surface area (Å²) in [6.45, 7) is 23.1. The van der Waals surface area contributed by atoms with Crippen molar-refractivity contribution in [3.63, 3.8) is 0 Å². The van der Waals surface area contributed by atoms with Crippen molar-refractivity contribution in [1.29, 1.82) is 5.41 Å². The maximum absolute atomic E-state index is 14.5. The van der Waals surface area contributed by atoms with Crippen LogP contribution in [0.2, 0.25) is 0 Å². The molecule has 2 bridgehead atoms. The molecule has 7 heterocycles. The van der Waals surface area contributed by atoms with E-state index in [1.54, 1.807) is 39.4 Å². The number of fused-ring (bicyclic) bond motifs is 5. The summed E-state index contributed by atoms with van der Waals surface area (Å²) in [6, 6.07) is 9.01. The normalized spacial score (nSPS) is 24.3. The van der Waals surface area contributed by atoms with Crippen LogP contribution in [0, 0.1) is 35.0 Å². The molecule has 10 atom stereocenters. The highest BCUT2D eigenvalue weighted by molar-refractivity contribution is 6.38. The molecule has 732 valence electrons. The molecular weight excluding hydrogens is 1700 g/mol. The Kier molecular flexibility index (Phi) is 49.1. The molecular formula is C98H146N10O24. The number of anilines is 2. The maximum Gasteiger partial charge on any atom is 0.407 e. The lowest BCUT2D eigenvalue weighted by atomic mass is 9.83. The number of piperidine rings is 1. The number of rotatable bonds is 49. The van der Waals surface area contributed by atoms with Gasteiger partial charge in [0.2, 0.25) is 11.7 Å². The molecule has 34 nitrogen and oxygen atoms in total. The SMILES string of the molecule is CO[C@H]1CC2CC[C@@H](C)C(O2)C(=O)C(=O)N2CCCC[C@H]2C(=O)O[C@H](CC[C@H]2CC[C@H](OC(=O)NCCOCCOCCOCCOCCOCCOCCOCCOCCOCCOCCOCCOCCC(=O)N3CCc4cc(CNc5ncnc(N)c5C(=N)c5cnc6[nH]ccc6c5)ccc4C3)CC2)CC(=O)[C@H](C)/C=C(\C)[C@@H](O)CC(=O)[C@H](C)C[C@H](C)/C=C/C=C/C=C/1C. The van der Waals surface area contributed by atoms with Crippen LogP contribution in [0.1, 0.15) is 172 Å². The van der Waals surface area contributed by atoms with Crippen LogP contribution in [-0.4, -0.2) is 310 Å². The second-order valence-electron chi connectivity index (χ2n) is 34.6. The van der Waals surface area contributed by atoms with Crippen LogP contribution in [-0.2, 0) is 124 Å². The topological polar surface area (TPSA) is 422 Å². The predicted molar refractivity (Wildman–Crippen MR) is 495 cm³/mol. The van der Waals surface area contributed by atoms with E-state index in [0.29, 0.717) is 271 Å². The molecule has 1 aliphatic carbocycles. The van der Waals surface area contributed by atoms with Crippen molar-refractivity contribution in [2.75, 3.05) is 196 Å². The Hall–Kier alpha value is -8.69. The number of amides is 3. The molecule has 9 rings (SSSR count). The third kappa shape index (κ3) is 38.2. The third-order valence-electron chi connectivity index (χ3n) is 24.5. The monoisotopic (exact) mass is 1850 g/mol. The highest BCUT2D eigenvalue weighted by Crippen LogP contribution is 2.35. The molecule has 3 aromatic heterocycles. The number of carbonyl (C=O) groups excluding carboxylic acids is 7. The number of esters is 1.